The van der Waals surface area contributed by atoms with E-state index in [0.29, 0.717) is 5.96 Å². The van der Waals surface area contributed by atoms with E-state index in [0.717, 1.165) is 12.1 Å². The van der Waals surface area contributed by atoms with Crippen LogP contribution in [0.15, 0.2) is 17.1 Å². The fourth-order valence-electron chi connectivity index (χ4n) is 1.64. The zero-order chi connectivity index (χ0) is 16.2. The molecule has 0 aromatic heterocycles. The highest BCUT2D eigenvalue weighted by Crippen LogP contribution is 2.19. The molecule has 0 radical (unpaired) electrons. The lowest BCUT2D eigenvalue weighted by Gasteiger charge is -2.22. The molecule has 1 aromatic carbocycles. The monoisotopic (exact) mass is 430 g/mol. The van der Waals surface area contributed by atoms with Gasteiger partial charge < -0.3 is 15.1 Å². The first-order valence-electron chi connectivity index (χ1n) is 6.06. The SMILES string of the molecule is CN(C)C(=NCC(=O)Nc1ccc(F)c(F)c1F)N(C)C.I. The number of rotatable bonds is 3. The van der Waals surface area contributed by atoms with Crippen LogP contribution >= 0.6 is 24.0 Å². The number of nitrogens with one attached hydrogen (secondary N) is 1. The Balaban J connectivity index is 0.00000441. The van der Waals surface area contributed by atoms with Crippen LogP contribution in [-0.4, -0.2) is 56.4 Å². The van der Waals surface area contributed by atoms with Gasteiger partial charge in [-0.3, -0.25) is 4.79 Å². The Labute approximate surface area is 144 Å². The number of halogens is 4. The zero-order valence-corrected chi connectivity index (χ0v) is 15.0. The predicted octanol–water partition coefficient (Wildman–Crippen LogP) is 2.14. The quantitative estimate of drug-likeness (QED) is 0.346. The van der Waals surface area contributed by atoms with Crippen LogP contribution in [-0.2, 0) is 4.79 Å². The molecule has 0 aliphatic rings. The normalized spacial score (nSPS) is 9.59. The molecule has 1 rings (SSSR count). The molecule has 0 unspecified atom stereocenters. The fourth-order valence-corrected chi connectivity index (χ4v) is 1.64. The number of nitrogens with zero attached hydrogens (tertiary/aromatic N) is 3. The predicted molar refractivity (Wildman–Crippen MR) is 90.0 cm³/mol. The average Bonchev–Trinajstić information content (AvgIpc) is 2.39. The van der Waals surface area contributed by atoms with Crippen molar-refractivity contribution in [3.05, 3.63) is 29.6 Å². The van der Waals surface area contributed by atoms with E-state index in [1.54, 1.807) is 38.0 Å². The summed E-state index contributed by atoms with van der Waals surface area (Å²) in [6.45, 7) is -0.274. The van der Waals surface area contributed by atoms with E-state index in [2.05, 4.69) is 10.3 Å². The molecule has 0 atom stereocenters. The highest BCUT2D eigenvalue weighted by molar-refractivity contribution is 14.0. The van der Waals surface area contributed by atoms with Crippen LogP contribution in [0.1, 0.15) is 0 Å². The van der Waals surface area contributed by atoms with Crippen LogP contribution < -0.4 is 5.32 Å². The topological polar surface area (TPSA) is 47.9 Å². The van der Waals surface area contributed by atoms with Crippen LogP contribution in [0.25, 0.3) is 0 Å². The lowest BCUT2D eigenvalue weighted by atomic mass is 10.3. The number of carbonyl (C=O) groups excluding carboxylic acids is 1. The third-order valence-electron chi connectivity index (χ3n) is 2.47. The van der Waals surface area contributed by atoms with Gasteiger partial charge in [0.1, 0.15) is 6.54 Å². The van der Waals surface area contributed by atoms with E-state index in [-0.39, 0.29) is 30.5 Å². The molecule has 0 fully saturated rings. The van der Waals surface area contributed by atoms with Crippen molar-refractivity contribution in [1.82, 2.24) is 9.80 Å². The molecule has 1 amide bonds. The maximum Gasteiger partial charge on any atom is 0.246 e. The lowest BCUT2D eigenvalue weighted by molar-refractivity contribution is -0.114. The molecule has 0 bridgehead atoms. The van der Waals surface area contributed by atoms with Crippen molar-refractivity contribution in [2.45, 2.75) is 0 Å². The van der Waals surface area contributed by atoms with Gasteiger partial charge in [-0.15, -0.1) is 24.0 Å². The summed E-state index contributed by atoms with van der Waals surface area (Å²) in [5, 5.41) is 2.15. The van der Waals surface area contributed by atoms with Crippen molar-refractivity contribution in [2.24, 2.45) is 4.99 Å². The molecule has 22 heavy (non-hydrogen) atoms. The maximum atomic E-state index is 13.4. The van der Waals surface area contributed by atoms with Crippen LogP contribution in [0.5, 0.6) is 0 Å². The molecule has 5 nitrogen and oxygen atoms in total. The summed E-state index contributed by atoms with van der Waals surface area (Å²) in [6, 6.07) is 1.69. The van der Waals surface area contributed by atoms with Gasteiger partial charge in [0.2, 0.25) is 5.91 Å². The Hall–Kier alpha value is -1.52. The van der Waals surface area contributed by atoms with E-state index in [1.165, 1.54) is 0 Å². The lowest BCUT2D eigenvalue weighted by Crippen LogP contribution is -2.36. The minimum Gasteiger partial charge on any atom is -0.349 e. The van der Waals surface area contributed by atoms with Crippen LogP contribution in [0.3, 0.4) is 0 Å². The second-order valence-corrected chi connectivity index (χ2v) is 4.68. The first-order chi connectivity index (χ1) is 9.73. The Kier molecular flexibility index (Phi) is 8.20. The molecule has 124 valence electrons. The van der Waals surface area contributed by atoms with Crippen LogP contribution in [0, 0.1) is 17.5 Å². The maximum absolute atomic E-state index is 13.4. The summed E-state index contributed by atoms with van der Waals surface area (Å²) in [6.07, 6.45) is 0. The Bertz CT molecular complexity index is 554. The van der Waals surface area contributed by atoms with Gasteiger partial charge in [-0.25, -0.2) is 18.2 Å². The average molecular weight is 430 g/mol. The summed E-state index contributed by atoms with van der Waals surface area (Å²) >= 11 is 0. The third kappa shape index (κ3) is 5.35. The van der Waals surface area contributed by atoms with Gasteiger partial charge in [-0.1, -0.05) is 0 Å². The first kappa shape index (κ1) is 20.5. The Morgan fingerprint density at radius 2 is 1.64 bits per heavy atom. The van der Waals surface area contributed by atoms with E-state index in [9.17, 15) is 18.0 Å². The molecule has 0 aliphatic carbocycles. The van der Waals surface area contributed by atoms with Crippen molar-refractivity contribution >= 4 is 41.5 Å². The Morgan fingerprint density at radius 1 is 1.09 bits per heavy atom. The van der Waals surface area contributed by atoms with Crippen molar-refractivity contribution in [1.29, 1.82) is 0 Å². The minimum atomic E-state index is -1.63. The van der Waals surface area contributed by atoms with Crippen LogP contribution in [0.2, 0.25) is 0 Å². The van der Waals surface area contributed by atoms with Crippen molar-refractivity contribution in [3.63, 3.8) is 0 Å². The minimum absolute atomic E-state index is 0. The van der Waals surface area contributed by atoms with Gasteiger partial charge >= 0.3 is 0 Å². The first-order valence-corrected chi connectivity index (χ1v) is 6.06. The number of hydrogen-bond donors (Lipinski definition) is 1. The van der Waals surface area contributed by atoms with Crippen LogP contribution in [0.4, 0.5) is 18.9 Å². The molecule has 1 aromatic rings. The number of benzene rings is 1. The number of anilines is 1. The van der Waals surface area contributed by atoms with Gasteiger partial charge in [0.15, 0.2) is 23.4 Å². The number of carbonyl (C=O) groups is 1. The molecule has 1 N–H and O–H groups in total. The second kappa shape index (κ2) is 8.81. The molecular formula is C13H18F3IN4O. The van der Waals surface area contributed by atoms with Crippen molar-refractivity contribution in [2.75, 3.05) is 40.1 Å². The highest BCUT2D eigenvalue weighted by Gasteiger charge is 2.15. The van der Waals surface area contributed by atoms with E-state index in [1.807, 2.05) is 0 Å². The number of amides is 1. The number of guanidine groups is 1. The fraction of sp³-hybridized carbons (Fsp3) is 0.385. The van der Waals surface area contributed by atoms with Crippen molar-refractivity contribution in [3.8, 4) is 0 Å². The molecule has 0 spiro atoms. The third-order valence-corrected chi connectivity index (χ3v) is 2.47. The van der Waals surface area contributed by atoms with Gasteiger partial charge in [0, 0.05) is 28.2 Å². The number of aliphatic imine (C=N–C) groups is 1. The summed E-state index contributed by atoms with van der Waals surface area (Å²) < 4.78 is 39.2. The van der Waals surface area contributed by atoms with Gasteiger partial charge in [-0.05, 0) is 12.1 Å². The molecule has 0 heterocycles. The van der Waals surface area contributed by atoms with E-state index < -0.39 is 29.0 Å². The standard InChI is InChI=1S/C13H17F3N4O.HI/c1-19(2)13(20(3)4)17-7-10(21)18-9-6-5-8(14)11(15)12(9)16;/h5-6H,7H2,1-4H3,(H,18,21);1H. The van der Waals surface area contributed by atoms with E-state index in [4.69, 9.17) is 0 Å². The largest absolute Gasteiger partial charge is 0.349 e. The molecule has 0 aliphatic heterocycles. The van der Waals surface area contributed by atoms with Gasteiger partial charge in [-0.2, -0.15) is 0 Å². The van der Waals surface area contributed by atoms with Gasteiger partial charge in [0.25, 0.3) is 0 Å². The Morgan fingerprint density at radius 3 is 2.14 bits per heavy atom. The van der Waals surface area contributed by atoms with Gasteiger partial charge in [0.05, 0.1) is 5.69 Å². The summed E-state index contributed by atoms with van der Waals surface area (Å²) in [4.78, 5) is 19.1. The smallest absolute Gasteiger partial charge is 0.246 e. The molecule has 9 heteroatoms. The highest BCUT2D eigenvalue weighted by atomic mass is 127. The van der Waals surface area contributed by atoms with Crippen molar-refractivity contribution < 1.29 is 18.0 Å². The summed E-state index contributed by atoms with van der Waals surface area (Å²) in [5.41, 5.74) is -0.426. The zero-order valence-electron chi connectivity index (χ0n) is 12.7. The number of hydrogen-bond acceptors (Lipinski definition) is 2. The molecular weight excluding hydrogens is 412 g/mol. The molecule has 0 saturated carbocycles. The van der Waals surface area contributed by atoms with E-state index >= 15 is 0 Å². The summed E-state index contributed by atoms with van der Waals surface area (Å²) in [5.74, 6) is -4.48. The second-order valence-electron chi connectivity index (χ2n) is 4.68. The summed E-state index contributed by atoms with van der Waals surface area (Å²) in [7, 11) is 7.02. The molecule has 0 saturated heterocycles.